The van der Waals surface area contributed by atoms with Gasteiger partial charge in [0.05, 0.1) is 11.2 Å². The lowest BCUT2D eigenvalue weighted by Crippen LogP contribution is -2.15. The van der Waals surface area contributed by atoms with E-state index in [1.54, 1.807) is 24.4 Å². The summed E-state index contributed by atoms with van der Waals surface area (Å²) < 4.78 is 27.6. The van der Waals surface area contributed by atoms with E-state index in [0.29, 0.717) is 11.2 Å². The number of aromatic nitrogens is 3. The third kappa shape index (κ3) is 3.48. The van der Waals surface area contributed by atoms with Crippen molar-refractivity contribution >= 4 is 34.0 Å². The quantitative estimate of drug-likeness (QED) is 0.554. The van der Waals surface area contributed by atoms with Crippen molar-refractivity contribution in [3.8, 4) is 0 Å². The van der Waals surface area contributed by atoms with E-state index in [9.17, 15) is 13.6 Å². The molecule has 0 radical (unpaired) electrons. The van der Waals surface area contributed by atoms with Crippen LogP contribution in [0.1, 0.15) is 10.5 Å². The van der Waals surface area contributed by atoms with Crippen LogP contribution in [0.4, 0.5) is 26.0 Å². The molecule has 0 aliphatic carbocycles. The van der Waals surface area contributed by atoms with Crippen molar-refractivity contribution in [3.63, 3.8) is 0 Å². The summed E-state index contributed by atoms with van der Waals surface area (Å²) in [7, 11) is 0. The Balaban J connectivity index is 1.59. The van der Waals surface area contributed by atoms with Crippen LogP contribution in [0.15, 0.2) is 67.1 Å². The zero-order chi connectivity index (χ0) is 19.5. The van der Waals surface area contributed by atoms with Gasteiger partial charge in [0.15, 0.2) is 0 Å². The molecule has 4 rings (SSSR count). The molecule has 2 heterocycles. The monoisotopic (exact) mass is 377 g/mol. The lowest BCUT2D eigenvalue weighted by Gasteiger charge is -2.10. The van der Waals surface area contributed by atoms with E-state index in [1.807, 2.05) is 12.1 Å². The molecule has 0 saturated heterocycles. The Morgan fingerprint density at radius 2 is 1.64 bits per heavy atom. The molecule has 2 aromatic heterocycles. The molecule has 0 aliphatic heterocycles. The zero-order valence-electron chi connectivity index (χ0n) is 14.4. The van der Waals surface area contributed by atoms with Crippen molar-refractivity contribution in [3.05, 3.63) is 84.4 Å². The standard InChI is InChI=1S/C20H13F2N5O/c21-13-6-2-7-14(22)19(13)27-17-10-16(24-11-25-17)20(28)26-15-8-1-4-12-5-3-9-23-18(12)15/h1-11H,(H,26,28)(H,24,25,27). The summed E-state index contributed by atoms with van der Waals surface area (Å²) >= 11 is 0. The lowest BCUT2D eigenvalue weighted by molar-refractivity contribution is 0.102. The number of pyridine rings is 1. The second-order valence-corrected chi connectivity index (χ2v) is 5.84. The van der Waals surface area contributed by atoms with Gasteiger partial charge in [0.1, 0.15) is 35.2 Å². The number of nitrogens with one attached hydrogen (secondary N) is 2. The van der Waals surface area contributed by atoms with Gasteiger partial charge in [0.2, 0.25) is 0 Å². The lowest BCUT2D eigenvalue weighted by atomic mass is 10.2. The number of nitrogens with zero attached hydrogens (tertiary/aromatic N) is 3. The molecule has 6 nitrogen and oxygen atoms in total. The van der Waals surface area contributed by atoms with Gasteiger partial charge < -0.3 is 10.6 Å². The molecule has 8 heteroatoms. The van der Waals surface area contributed by atoms with E-state index < -0.39 is 17.5 Å². The van der Waals surface area contributed by atoms with Gasteiger partial charge in [-0.15, -0.1) is 0 Å². The van der Waals surface area contributed by atoms with Gasteiger partial charge in [-0.25, -0.2) is 18.7 Å². The average Bonchev–Trinajstić information content (AvgIpc) is 2.71. The van der Waals surface area contributed by atoms with Gasteiger partial charge in [-0.2, -0.15) is 0 Å². The fraction of sp³-hybridized carbons (Fsp3) is 0. The highest BCUT2D eigenvalue weighted by atomic mass is 19.1. The summed E-state index contributed by atoms with van der Waals surface area (Å²) in [5, 5.41) is 6.16. The SMILES string of the molecule is O=C(Nc1cccc2cccnc12)c1cc(Nc2c(F)cccc2F)ncn1. The van der Waals surface area contributed by atoms with Gasteiger partial charge in [-0.3, -0.25) is 9.78 Å². The van der Waals surface area contributed by atoms with Crippen molar-refractivity contribution in [1.29, 1.82) is 0 Å². The van der Waals surface area contributed by atoms with Gasteiger partial charge in [-0.1, -0.05) is 24.3 Å². The number of fused-ring (bicyclic) bond motifs is 1. The van der Waals surface area contributed by atoms with Crippen LogP contribution >= 0.6 is 0 Å². The Bertz CT molecular complexity index is 1160. The molecule has 138 valence electrons. The number of hydrogen-bond donors (Lipinski definition) is 2. The first-order valence-electron chi connectivity index (χ1n) is 8.30. The van der Waals surface area contributed by atoms with Crippen LogP contribution in [0.3, 0.4) is 0 Å². The summed E-state index contributed by atoms with van der Waals surface area (Å²) in [6, 6.07) is 13.9. The smallest absolute Gasteiger partial charge is 0.274 e. The summed E-state index contributed by atoms with van der Waals surface area (Å²) in [4.78, 5) is 24.7. The average molecular weight is 377 g/mol. The number of carbonyl (C=O) groups is 1. The molecule has 0 unspecified atom stereocenters. The number of amides is 1. The molecule has 0 spiro atoms. The van der Waals surface area contributed by atoms with Crippen molar-refractivity contribution in [1.82, 2.24) is 15.0 Å². The number of carbonyl (C=O) groups excluding carboxylic acids is 1. The van der Waals surface area contributed by atoms with Crippen LogP contribution < -0.4 is 10.6 Å². The molecule has 2 N–H and O–H groups in total. The molecule has 0 fully saturated rings. The fourth-order valence-electron chi connectivity index (χ4n) is 2.69. The van der Waals surface area contributed by atoms with Crippen LogP contribution in [0.25, 0.3) is 10.9 Å². The molecule has 0 atom stereocenters. The Hall–Kier alpha value is -3.94. The number of benzene rings is 2. The molecule has 4 aromatic rings. The highest BCUT2D eigenvalue weighted by molar-refractivity contribution is 6.07. The highest BCUT2D eigenvalue weighted by Gasteiger charge is 2.14. The zero-order valence-corrected chi connectivity index (χ0v) is 14.4. The highest BCUT2D eigenvalue weighted by Crippen LogP contribution is 2.23. The fourth-order valence-corrected chi connectivity index (χ4v) is 2.69. The van der Waals surface area contributed by atoms with E-state index in [-0.39, 0.29) is 17.2 Å². The summed E-state index contributed by atoms with van der Waals surface area (Å²) in [6.45, 7) is 0. The normalized spacial score (nSPS) is 10.6. The molecule has 0 saturated carbocycles. The minimum atomic E-state index is -0.772. The van der Waals surface area contributed by atoms with Gasteiger partial charge in [0, 0.05) is 17.6 Å². The van der Waals surface area contributed by atoms with Gasteiger partial charge >= 0.3 is 0 Å². The Labute approximate surface area is 158 Å². The molecule has 1 amide bonds. The summed E-state index contributed by atoms with van der Waals surface area (Å²) in [5.74, 6) is -1.96. The van der Waals surface area contributed by atoms with E-state index in [4.69, 9.17) is 0 Å². The molecule has 0 bridgehead atoms. The number of rotatable bonds is 4. The second-order valence-electron chi connectivity index (χ2n) is 5.84. The van der Waals surface area contributed by atoms with Gasteiger partial charge in [0.25, 0.3) is 5.91 Å². The Morgan fingerprint density at radius 3 is 2.46 bits per heavy atom. The summed E-state index contributed by atoms with van der Waals surface area (Å²) in [5.41, 5.74) is 0.837. The van der Waals surface area contributed by atoms with E-state index >= 15 is 0 Å². The first-order valence-corrected chi connectivity index (χ1v) is 8.30. The van der Waals surface area contributed by atoms with E-state index in [2.05, 4.69) is 25.6 Å². The van der Waals surface area contributed by atoms with E-state index in [0.717, 1.165) is 23.8 Å². The maximum absolute atomic E-state index is 13.8. The van der Waals surface area contributed by atoms with Crippen LogP contribution in [0, 0.1) is 11.6 Å². The second kappa shape index (κ2) is 7.36. The molecule has 2 aromatic carbocycles. The maximum Gasteiger partial charge on any atom is 0.274 e. The number of halogens is 2. The van der Waals surface area contributed by atoms with Crippen LogP contribution in [0.5, 0.6) is 0 Å². The third-order valence-corrected chi connectivity index (χ3v) is 4.00. The third-order valence-electron chi connectivity index (χ3n) is 4.00. The predicted molar refractivity (Wildman–Crippen MR) is 101 cm³/mol. The van der Waals surface area contributed by atoms with Crippen molar-refractivity contribution in [2.45, 2.75) is 0 Å². The molecular formula is C20H13F2N5O. The first-order chi connectivity index (χ1) is 13.6. The van der Waals surface area contributed by atoms with Gasteiger partial charge in [-0.05, 0) is 24.3 Å². The number of hydrogen-bond acceptors (Lipinski definition) is 5. The topological polar surface area (TPSA) is 79.8 Å². The molecule has 28 heavy (non-hydrogen) atoms. The Kier molecular flexibility index (Phi) is 4.59. The minimum absolute atomic E-state index is 0.0298. The molecular weight excluding hydrogens is 364 g/mol. The van der Waals surface area contributed by atoms with Crippen LogP contribution in [-0.4, -0.2) is 20.9 Å². The Morgan fingerprint density at radius 1 is 0.893 bits per heavy atom. The summed E-state index contributed by atoms with van der Waals surface area (Å²) in [6.07, 6.45) is 2.77. The largest absolute Gasteiger partial charge is 0.335 e. The van der Waals surface area contributed by atoms with E-state index in [1.165, 1.54) is 12.1 Å². The number of para-hydroxylation sites is 2. The minimum Gasteiger partial charge on any atom is -0.335 e. The number of anilines is 3. The first kappa shape index (κ1) is 17.5. The van der Waals surface area contributed by atoms with Crippen LogP contribution in [-0.2, 0) is 0 Å². The van der Waals surface area contributed by atoms with Crippen molar-refractivity contribution < 1.29 is 13.6 Å². The van der Waals surface area contributed by atoms with Crippen molar-refractivity contribution in [2.24, 2.45) is 0 Å². The predicted octanol–water partition coefficient (Wildman–Crippen LogP) is 4.30. The van der Waals surface area contributed by atoms with Crippen LogP contribution in [0.2, 0.25) is 0 Å². The maximum atomic E-state index is 13.8. The molecule has 0 aliphatic rings. The van der Waals surface area contributed by atoms with Crippen molar-refractivity contribution in [2.75, 3.05) is 10.6 Å².